The zero-order valence-electron chi connectivity index (χ0n) is 15.7. The van der Waals surface area contributed by atoms with E-state index in [0.717, 1.165) is 36.8 Å². The van der Waals surface area contributed by atoms with E-state index in [1.807, 2.05) is 16.7 Å². The third kappa shape index (κ3) is 4.43. The van der Waals surface area contributed by atoms with Crippen molar-refractivity contribution in [2.24, 2.45) is 0 Å². The zero-order valence-corrected chi connectivity index (χ0v) is 16.4. The van der Waals surface area contributed by atoms with Crippen molar-refractivity contribution in [1.29, 1.82) is 0 Å². The molecule has 0 spiro atoms. The highest BCUT2D eigenvalue weighted by molar-refractivity contribution is 6.36. The maximum Gasteiger partial charge on any atom is 0.253 e. The number of hydrogen-bond donors (Lipinski definition) is 3. The van der Waals surface area contributed by atoms with Gasteiger partial charge in [0, 0.05) is 41.7 Å². The van der Waals surface area contributed by atoms with Crippen LogP contribution in [0.5, 0.6) is 0 Å². The first-order chi connectivity index (χ1) is 14.0. The summed E-state index contributed by atoms with van der Waals surface area (Å²) in [6, 6.07) is 3.81. The lowest BCUT2D eigenvalue weighted by atomic mass is 9.91. The first kappa shape index (κ1) is 19.8. The van der Waals surface area contributed by atoms with E-state index in [0.29, 0.717) is 16.1 Å². The molecule has 1 saturated carbocycles. The second-order valence-corrected chi connectivity index (χ2v) is 7.75. The van der Waals surface area contributed by atoms with Crippen LogP contribution in [-0.2, 0) is 0 Å². The lowest BCUT2D eigenvalue weighted by Gasteiger charge is -2.29. The normalized spacial score (nSPS) is 19.7. The molecule has 1 fully saturated rings. The molecule has 2 aromatic heterocycles. The summed E-state index contributed by atoms with van der Waals surface area (Å²) >= 11 is 6.29. The zero-order chi connectivity index (χ0) is 20.4. The molecule has 1 aliphatic carbocycles. The second-order valence-electron chi connectivity index (χ2n) is 7.34. The Balaban J connectivity index is 1.49. The van der Waals surface area contributed by atoms with E-state index >= 15 is 0 Å². The van der Waals surface area contributed by atoms with Gasteiger partial charge in [0.2, 0.25) is 0 Å². The fourth-order valence-corrected chi connectivity index (χ4v) is 4.09. The minimum absolute atomic E-state index is 0.0180. The van der Waals surface area contributed by atoms with Gasteiger partial charge >= 0.3 is 0 Å². The molecule has 1 aliphatic rings. The molecule has 0 unspecified atom stereocenters. The molecule has 9 heteroatoms. The van der Waals surface area contributed by atoms with Crippen molar-refractivity contribution in [3.8, 4) is 5.69 Å². The quantitative estimate of drug-likeness (QED) is 0.565. The van der Waals surface area contributed by atoms with Crippen molar-refractivity contribution in [3.63, 3.8) is 0 Å². The number of nitrogens with one attached hydrogen (secondary N) is 3. The summed E-state index contributed by atoms with van der Waals surface area (Å²) in [5.74, 6) is -0.181. The van der Waals surface area contributed by atoms with Gasteiger partial charge < -0.3 is 20.2 Å². The number of benzene rings is 1. The fourth-order valence-electron chi connectivity index (χ4n) is 3.88. The summed E-state index contributed by atoms with van der Waals surface area (Å²) < 4.78 is 26.5. The predicted molar refractivity (Wildman–Crippen MR) is 108 cm³/mol. The number of halogens is 3. The summed E-state index contributed by atoms with van der Waals surface area (Å²) in [5.41, 5.74) is 1.99. The van der Waals surface area contributed by atoms with Gasteiger partial charge in [0.15, 0.2) is 0 Å². The lowest BCUT2D eigenvalue weighted by molar-refractivity contribution is 0.0923. The number of H-pyrrole nitrogens is 1. The standard InChI is InChI=1S/C20H22ClF2N5O/c21-17-9-26-19-15(17)7-14(28-6-5-24-11-28)8-16(19)20(29)27-13-3-1-12(2-4-13)25-10-18(22)23/h5-9,11-13,18,25-26H,1-4,10H2,(H,27,29). The number of carbonyl (C=O) groups is 1. The van der Waals surface area contributed by atoms with E-state index < -0.39 is 6.43 Å². The number of imidazole rings is 1. The molecule has 29 heavy (non-hydrogen) atoms. The van der Waals surface area contributed by atoms with E-state index in [1.54, 1.807) is 24.9 Å². The number of rotatable bonds is 6. The van der Waals surface area contributed by atoms with Crippen LogP contribution in [0.15, 0.2) is 37.1 Å². The third-order valence-electron chi connectivity index (χ3n) is 5.39. The largest absolute Gasteiger partial charge is 0.359 e. The molecule has 4 rings (SSSR count). The Morgan fingerprint density at radius 1 is 1.28 bits per heavy atom. The van der Waals surface area contributed by atoms with Crippen LogP contribution in [0, 0.1) is 0 Å². The Morgan fingerprint density at radius 3 is 2.72 bits per heavy atom. The Labute approximate surface area is 171 Å². The van der Waals surface area contributed by atoms with Crippen LogP contribution in [0.25, 0.3) is 16.6 Å². The SMILES string of the molecule is O=C(NC1CCC(NCC(F)F)CC1)c1cc(-n2ccnc2)cc2c(Cl)c[nH]c12. The first-order valence-corrected chi connectivity index (χ1v) is 10.0. The van der Waals surface area contributed by atoms with Crippen LogP contribution in [0.3, 0.4) is 0 Å². The Bertz CT molecular complexity index is 980. The number of nitrogens with zero attached hydrogens (tertiary/aromatic N) is 2. The highest BCUT2D eigenvalue weighted by Gasteiger charge is 2.24. The molecule has 1 aromatic carbocycles. The molecule has 6 nitrogen and oxygen atoms in total. The minimum atomic E-state index is -2.34. The van der Waals surface area contributed by atoms with Gasteiger partial charge in [0.05, 0.1) is 29.0 Å². The van der Waals surface area contributed by atoms with Gasteiger partial charge in [-0.3, -0.25) is 4.79 Å². The van der Waals surface area contributed by atoms with Crippen molar-refractivity contribution in [1.82, 2.24) is 25.2 Å². The molecular formula is C20H22ClF2N5O. The highest BCUT2D eigenvalue weighted by atomic mass is 35.5. The number of carbonyl (C=O) groups excluding carboxylic acids is 1. The van der Waals surface area contributed by atoms with E-state index in [-0.39, 0.29) is 24.5 Å². The van der Waals surface area contributed by atoms with Gasteiger partial charge in [-0.2, -0.15) is 0 Å². The number of alkyl halides is 2. The molecule has 1 amide bonds. The summed E-state index contributed by atoms with van der Waals surface area (Å²) in [5, 5.41) is 7.29. The number of aromatic nitrogens is 3. The lowest BCUT2D eigenvalue weighted by Crippen LogP contribution is -2.43. The van der Waals surface area contributed by atoms with Crippen LogP contribution >= 0.6 is 11.6 Å². The summed E-state index contributed by atoms with van der Waals surface area (Å²) in [4.78, 5) is 20.2. The van der Waals surface area contributed by atoms with Gasteiger partial charge in [0.25, 0.3) is 12.3 Å². The van der Waals surface area contributed by atoms with Crippen molar-refractivity contribution in [3.05, 3.63) is 47.6 Å². The van der Waals surface area contributed by atoms with Crippen molar-refractivity contribution < 1.29 is 13.6 Å². The average molecular weight is 422 g/mol. The maximum absolute atomic E-state index is 13.0. The Hall–Kier alpha value is -2.45. The van der Waals surface area contributed by atoms with Crippen LogP contribution in [0.1, 0.15) is 36.0 Å². The maximum atomic E-state index is 13.0. The third-order valence-corrected chi connectivity index (χ3v) is 5.71. The predicted octanol–water partition coefficient (Wildman–Crippen LogP) is 3.90. The monoisotopic (exact) mass is 421 g/mol. The Kier molecular flexibility index (Phi) is 5.82. The van der Waals surface area contributed by atoms with Crippen LogP contribution in [0.2, 0.25) is 5.02 Å². The summed E-state index contributed by atoms with van der Waals surface area (Å²) in [7, 11) is 0. The van der Waals surface area contributed by atoms with Gasteiger partial charge in [-0.05, 0) is 37.8 Å². The molecule has 2 heterocycles. The number of amides is 1. The molecule has 0 aliphatic heterocycles. The van der Waals surface area contributed by atoms with Gasteiger partial charge in [0.1, 0.15) is 0 Å². The minimum Gasteiger partial charge on any atom is -0.359 e. The molecule has 3 aromatic rings. The van der Waals surface area contributed by atoms with Gasteiger partial charge in [-0.25, -0.2) is 13.8 Å². The number of fused-ring (bicyclic) bond motifs is 1. The van der Waals surface area contributed by atoms with E-state index in [2.05, 4.69) is 20.6 Å². The topological polar surface area (TPSA) is 74.7 Å². The molecule has 0 radical (unpaired) electrons. The second kappa shape index (κ2) is 8.51. The average Bonchev–Trinajstić information content (AvgIpc) is 3.37. The molecular weight excluding hydrogens is 400 g/mol. The van der Waals surface area contributed by atoms with Gasteiger partial charge in [-0.15, -0.1) is 0 Å². The van der Waals surface area contributed by atoms with E-state index in [4.69, 9.17) is 11.6 Å². The number of hydrogen-bond acceptors (Lipinski definition) is 3. The molecule has 0 atom stereocenters. The first-order valence-electron chi connectivity index (χ1n) is 9.62. The fraction of sp³-hybridized carbons (Fsp3) is 0.400. The summed E-state index contributed by atoms with van der Waals surface area (Å²) in [6.45, 7) is -0.283. The van der Waals surface area contributed by atoms with Crippen LogP contribution in [-0.4, -0.2) is 45.5 Å². The smallest absolute Gasteiger partial charge is 0.253 e. The van der Waals surface area contributed by atoms with E-state index in [1.165, 1.54) is 0 Å². The van der Waals surface area contributed by atoms with Crippen LogP contribution in [0.4, 0.5) is 8.78 Å². The van der Waals surface area contributed by atoms with Crippen LogP contribution < -0.4 is 10.6 Å². The summed E-state index contributed by atoms with van der Waals surface area (Å²) in [6.07, 6.45) is 7.49. The van der Waals surface area contributed by atoms with Gasteiger partial charge in [-0.1, -0.05) is 11.6 Å². The molecule has 3 N–H and O–H groups in total. The molecule has 0 saturated heterocycles. The molecule has 154 valence electrons. The Morgan fingerprint density at radius 2 is 2.03 bits per heavy atom. The van der Waals surface area contributed by atoms with Crippen molar-refractivity contribution in [2.75, 3.05) is 6.54 Å². The van der Waals surface area contributed by atoms with E-state index in [9.17, 15) is 13.6 Å². The van der Waals surface area contributed by atoms with Crippen molar-refractivity contribution >= 4 is 28.4 Å². The molecule has 0 bridgehead atoms. The highest BCUT2D eigenvalue weighted by Crippen LogP contribution is 2.29. The van der Waals surface area contributed by atoms with Crippen molar-refractivity contribution in [2.45, 2.75) is 44.2 Å². The number of aromatic amines is 1.